The number of methoxy groups -OCH3 is 3. The van der Waals surface area contributed by atoms with E-state index in [-0.39, 0.29) is 23.7 Å². The molecular formula is C27H34N2O5. The topological polar surface area (TPSA) is 68.3 Å². The number of hydrogen-bond donors (Lipinski definition) is 0. The average Bonchev–Trinajstić information content (AvgIpc) is 3.33. The highest BCUT2D eigenvalue weighted by Crippen LogP contribution is 2.44. The van der Waals surface area contributed by atoms with Crippen LogP contribution in [0.2, 0.25) is 0 Å². The van der Waals surface area contributed by atoms with Gasteiger partial charge in [0.1, 0.15) is 0 Å². The molecule has 2 aromatic carbocycles. The van der Waals surface area contributed by atoms with Gasteiger partial charge in [0.2, 0.25) is 11.7 Å². The van der Waals surface area contributed by atoms with Gasteiger partial charge in [-0.3, -0.25) is 9.59 Å². The molecule has 0 radical (unpaired) electrons. The van der Waals surface area contributed by atoms with E-state index in [4.69, 9.17) is 14.2 Å². The standard InChI is InChI=1S/C27H34N2O5/c1-18-10-6-7-11-20(18)26(30)29-16-21(22(17-29)27(31)28-12-8-5-9-13-28)19-14-23(32-2)25(34-4)24(15-19)33-3/h6-7,10-11,14-15,21-22H,5,8-9,12-13,16-17H2,1-4H3/t21-,22+/m1/s1. The third-order valence-electron chi connectivity index (χ3n) is 7.08. The van der Waals surface area contributed by atoms with Crippen molar-refractivity contribution in [3.63, 3.8) is 0 Å². The zero-order chi connectivity index (χ0) is 24.2. The Morgan fingerprint density at radius 1 is 0.853 bits per heavy atom. The van der Waals surface area contributed by atoms with Gasteiger partial charge in [-0.15, -0.1) is 0 Å². The van der Waals surface area contributed by atoms with Gasteiger partial charge in [-0.1, -0.05) is 18.2 Å². The van der Waals surface area contributed by atoms with Gasteiger partial charge in [-0.05, 0) is 55.5 Å². The van der Waals surface area contributed by atoms with E-state index in [0.29, 0.717) is 35.9 Å². The normalized spacial score (nSPS) is 20.2. The third-order valence-corrected chi connectivity index (χ3v) is 7.08. The van der Waals surface area contributed by atoms with E-state index in [1.54, 1.807) is 21.3 Å². The van der Waals surface area contributed by atoms with Crippen LogP contribution < -0.4 is 14.2 Å². The molecule has 34 heavy (non-hydrogen) atoms. The van der Waals surface area contributed by atoms with Crippen molar-refractivity contribution in [2.75, 3.05) is 47.5 Å². The van der Waals surface area contributed by atoms with Gasteiger partial charge in [0, 0.05) is 37.7 Å². The number of amides is 2. The van der Waals surface area contributed by atoms with Gasteiger partial charge in [0.15, 0.2) is 11.5 Å². The molecule has 0 bridgehead atoms. The fourth-order valence-electron chi connectivity index (χ4n) is 5.21. The molecule has 2 heterocycles. The Balaban J connectivity index is 1.71. The minimum atomic E-state index is -0.325. The van der Waals surface area contributed by atoms with Crippen LogP contribution in [0.4, 0.5) is 0 Å². The van der Waals surface area contributed by atoms with E-state index in [1.165, 1.54) is 0 Å². The molecular weight excluding hydrogens is 432 g/mol. The molecule has 0 aliphatic carbocycles. The number of piperidine rings is 1. The summed E-state index contributed by atoms with van der Waals surface area (Å²) in [7, 11) is 4.74. The molecule has 7 nitrogen and oxygen atoms in total. The van der Waals surface area contributed by atoms with E-state index in [9.17, 15) is 9.59 Å². The molecule has 2 atom stereocenters. The largest absolute Gasteiger partial charge is 0.493 e. The Bertz CT molecular complexity index is 1020. The average molecular weight is 467 g/mol. The van der Waals surface area contributed by atoms with Crippen LogP contribution in [0.3, 0.4) is 0 Å². The summed E-state index contributed by atoms with van der Waals surface area (Å²) in [4.78, 5) is 31.0. The van der Waals surface area contributed by atoms with Crippen LogP contribution in [-0.4, -0.2) is 69.1 Å². The zero-order valence-electron chi connectivity index (χ0n) is 20.5. The number of benzene rings is 2. The quantitative estimate of drug-likeness (QED) is 0.646. The molecule has 0 unspecified atom stereocenters. The van der Waals surface area contributed by atoms with Gasteiger partial charge in [0.05, 0.1) is 27.2 Å². The number of hydrogen-bond acceptors (Lipinski definition) is 5. The highest BCUT2D eigenvalue weighted by Gasteiger charge is 2.43. The monoisotopic (exact) mass is 466 g/mol. The first-order valence-corrected chi connectivity index (χ1v) is 11.9. The molecule has 0 aromatic heterocycles. The Morgan fingerprint density at radius 3 is 2.09 bits per heavy atom. The van der Waals surface area contributed by atoms with Crippen molar-refractivity contribution < 1.29 is 23.8 Å². The second-order valence-electron chi connectivity index (χ2n) is 9.08. The lowest BCUT2D eigenvalue weighted by atomic mass is 9.87. The molecule has 0 spiro atoms. The van der Waals surface area contributed by atoms with Crippen LogP contribution in [0.1, 0.15) is 46.7 Å². The van der Waals surface area contributed by atoms with Crippen molar-refractivity contribution in [2.24, 2.45) is 5.92 Å². The minimum absolute atomic E-state index is 0.0375. The first-order chi connectivity index (χ1) is 16.5. The lowest BCUT2D eigenvalue weighted by Crippen LogP contribution is -2.42. The van der Waals surface area contributed by atoms with Crippen molar-refractivity contribution in [3.8, 4) is 17.2 Å². The lowest BCUT2D eigenvalue weighted by Gasteiger charge is -2.31. The predicted molar refractivity (Wildman–Crippen MR) is 130 cm³/mol. The van der Waals surface area contributed by atoms with Gasteiger partial charge >= 0.3 is 0 Å². The molecule has 2 aliphatic rings. The Hall–Kier alpha value is -3.22. The van der Waals surface area contributed by atoms with E-state index in [1.807, 2.05) is 53.1 Å². The maximum absolute atomic E-state index is 13.7. The zero-order valence-corrected chi connectivity index (χ0v) is 20.5. The van der Waals surface area contributed by atoms with Crippen LogP contribution in [0.5, 0.6) is 17.2 Å². The van der Waals surface area contributed by atoms with Crippen LogP contribution in [0.15, 0.2) is 36.4 Å². The molecule has 2 saturated heterocycles. The van der Waals surface area contributed by atoms with Crippen molar-refractivity contribution in [2.45, 2.75) is 32.1 Å². The molecule has 2 fully saturated rings. The highest BCUT2D eigenvalue weighted by molar-refractivity contribution is 5.96. The summed E-state index contributed by atoms with van der Waals surface area (Å²) in [6.45, 7) is 4.35. The molecule has 7 heteroatoms. The number of carbonyl (C=O) groups is 2. The van der Waals surface area contributed by atoms with Gasteiger partial charge in [-0.2, -0.15) is 0 Å². The summed E-state index contributed by atoms with van der Waals surface area (Å²) >= 11 is 0. The first-order valence-electron chi connectivity index (χ1n) is 11.9. The molecule has 0 saturated carbocycles. The van der Waals surface area contributed by atoms with Crippen molar-refractivity contribution in [1.82, 2.24) is 9.80 Å². The molecule has 4 rings (SSSR count). The molecule has 0 N–H and O–H groups in total. The molecule has 2 aromatic rings. The highest BCUT2D eigenvalue weighted by atomic mass is 16.5. The van der Waals surface area contributed by atoms with Crippen LogP contribution in [0, 0.1) is 12.8 Å². The SMILES string of the molecule is COc1cc([C@H]2CN(C(=O)c3ccccc3C)C[C@@H]2C(=O)N2CCCCC2)cc(OC)c1OC. The fraction of sp³-hybridized carbons (Fsp3) is 0.481. The Morgan fingerprint density at radius 2 is 1.50 bits per heavy atom. The predicted octanol–water partition coefficient (Wildman–Crippen LogP) is 3.89. The summed E-state index contributed by atoms with van der Waals surface area (Å²) in [5.74, 6) is 1.20. The van der Waals surface area contributed by atoms with E-state index in [0.717, 1.165) is 43.5 Å². The van der Waals surface area contributed by atoms with Crippen molar-refractivity contribution in [1.29, 1.82) is 0 Å². The van der Waals surface area contributed by atoms with E-state index in [2.05, 4.69) is 0 Å². The minimum Gasteiger partial charge on any atom is -0.493 e. The summed E-state index contributed by atoms with van der Waals surface area (Å²) in [6.07, 6.45) is 3.21. The van der Waals surface area contributed by atoms with Gasteiger partial charge < -0.3 is 24.0 Å². The number of ether oxygens (including phenoxy) is 3. The van der Waals surface area contributed by atoms with Crippen LogP contribution in [0.25, 0.3) is 0 Å². The van der Waals surface area contributed by atoms with E-state index >= 15 is 0 Å². The third kappa shape index (κ3) is 4.56. The van der Waals surface area contributed by atoms with Crippen molar-refractivity contribution >= 4 is 11.8 Å². The Kier molecular flexibility index (Phi) is 7.29. The number of carbonyl (C=O) groups excluding carboxylic acids is 2. The lowest BCUT2D eigenvalue weighted by molar-refractivity contribution is -0.136. The number of likely N-dealkylation sites (tertiary alicyclic amines) is 2. The second kappa shape index (κ2) is 10.4. The smallest absolute Gasteiger partial charge is 0.254 e. The van der Waals surface area contributed by atoms with Gasteiger partial charge in [-0.25, -0.2) is 0 Å². The number of nitrogens with zero attached hydrogens (tertiary/aromatic N) is 2. The van der Waals surface area contributed by atoms with Crippen LogP contribution >= 0.6 is 0 Å². The fourth-order valence-corrected chi connectivity index (χ4v) is 5.21. The summed E-state index contributed by atoms with van der Waals surface area (Å²) in [5, 5.41) is 0. The van der Waals surface area contributed by atoms with E-state index < -0.39 is 0 Å². The second-order valence-corrected chi connectivity index (χ2v) is 9.08. The number of aryl methyl sites for hydroxylation is 1. The summed E-state index contributed by atoms with van der Waals surface area (Å²) in [5.41, 5.74) is 2.52. The molecule has 2 amide bonds. The molecule has 182 valence electrons. The number of rotatable bonds is 6. The summed E-state index contributed by atoms with van der Waals surface area (Å²) < 4.78 is 16.6. The first kappa shape index (κ1) is 23.9. The maximum atomic E-state index is 13.7. The molecule has 2 aliphatic heterocycles. The Labute approximate surface area is 201 Å². The maximum Gasteiger partial charge on any atom is 0.254 e. The van der Waals surface area contributed by atoms with Crippen LogP contribution in [-0.2, 0) is 4.79 Å². The van der Waals surface area contributed by atoms with Crippen molar-refractivity contribution in [3.05, 3.63) is 53.1 Å². The summed E-state index contributed by atoms with van der Waals surface area (Å²) in [6, 6.07) is 11.4. The van der Waals surface area contributed by atoms with Gasteiger partial charge in [0.25, 0.3) is 5.91 Å².